The highest BCUT2D eigenvalue weighted by Crippen LogP contribution is 2.49. The number of fused-ring (bicyclic) bond motifs is 2. The molecule has 2 N–H and O–H groups in total. The molecule has 1 atom stereocenters. The third-order valence-electron chi connectivity index (χ3n) is 4.15. The van der Waals surface area contributed by atoms with Gasteiger partial charge in [0.25, 0.3) is 0 Å². The number of rotatable bonds is 2. The van der Waals surface area contributed by atoms with Crippen LogP contribution in [0.3, 0.4) is 0 Å². The first-order valence-corrected chi connectivity index (χ1v) is 6.70. The fourth-order valence-electron chi connectivity index (χ4n) is 2.94. The van der Waals surface area contributed by atoms with Gasteiger partial charge in [0.2, 0.25) is 6.79 Å². The molecule has 5 heteroatoms. The van der Waals surface area contributed by atoms with E-state index in [9.17, 15) is 10.2 Å². The number of aliphatic hydroxyl groups excluding tert-OH is 1. The smallest absolute Gasteiger partial charge is 0.231 e. The summed E-state index contributed by atoms with van der Waals surface area (Å²) >= 11 is 0. The molecule has 5 nitrogen and oxygen atoms in total. The van der Waals surface area contributed by atoms with Crippen molar-refractivity contribution in [3.8, 4) is 23.0 Å². The second kappa shape index (κ2) is 4.30. The van der Waals surface area contributed by atoms with Crippen LogP contribution in [0.5, 0.6) is 23.0 Å². The van der Waals surface area contributed by atoms with Gasteiger partial charge in [-0.3, -0.25) is 0 Å². The lowest BCUT2D eigenvalue weighted by Crippen LogP contribution is -2.33. The number of phenolic OH excluding ortho intramolecular Hbond substituents is 1. The highest BCUT2D eigenvalue weighted by Gasteiger charge is 2.43. The summed E-state index contributed by atoms with van der Waals surface area (Å²) in [5.74, 6) is 2.21. The molecule has 21 heavy (non-hydrogen) atoms. The number of hydrogen-bond donors (Lipinski definition) is 2. The molecule has 2 aliphatic rings. The molecule has 0 amide bonds. The van der Waals surface area contributed by atoms with Gasteiger partial charge in [-0.15, -0.1) is 0 Å². The van der Waals surface area contributed by atoms with Crippen LogP contribution in [0.2, 0.25) is 0 Å². The first kappa shape index (κ1) is 12.3. The van der Waals surface area contributed by atoms with Gasteiger partial charge in [0.1, 0.15) is 18.1 Å². The molecule has 0 bridgehead atoms. The summed E-state index contributed by atoms with van der Waals surface area (Å²) in [6.07, 6.45) is 0. The van der Waals surface area contributed by atoms with Crippen LogP contribution >= 0.6 is 0 Å². The molecule has 0 radical (unpaired) electrons. The van der Waals surface area contributed by atoms with E-state index in [-0.39, 0.29) is 19.1 Å². The minimum Gasteiger partial charge on any atom is -0.508 e. The quantitative estimate of drug-likeness (QED) is 0.881. The average Bonchev–Trinajstić information content (AvgIpc) is 3.10. The number of benzene rings is 2. The lowest BCUT2D eigenvalue weighted by molar-refractivity contribution is 0.171. The van der Waals surface area contributed by atoms with E-state index in [0.717, 1.165) is 11.1 Å². The summed E-state index contributed by atoms with van der Waals surface area (Å²) < 4.78 is 16.5. The van der Waals surface area contributed by atoms with Crippen LogP contribution in [0.15, 0.2) is 36.4 Å². The number of ether oxygens (including phenoxy) is 3. The third-order valence-corrected chi connectivity index (χ3v) is 4.15. The standard InChI is InChI=1S/C16H14O5/c17-7-16(10-1-3-11(18)4-2-10)8-19-13-6-15-14(5-12(13)16)20-9-21-15/h1-6,17-18H,7-9H2/t16-/m1/s1. The van der Waals surface area contributed by atoms with Gasteiger partial charge < -0.3 is 24.4 Å². The first-order valence-electron chi connectivity index (χ1n) is 6.70. The molecule has 0 saturated carbocycles. The van der Waals surface area contributed by atoms with Gasteiger partial charge in [-0.1, -0.05) is 12.1 Å². The Hall–Kier alpha value is -2.40. The third kappa shape index (κ3) is 1.67. The second-order valence-corrected chi connectivity index (χ2v) is 5.28. The van der Waals surface area contributed by atoms with Crippen LogP contribution in [0.4, 0.5) is 0 Å². The van der Waals surface area contributed by atoms with Gasteiger partial charge in [0.15, 0.2) is 11.5 Å². The molecule has 2 aliphatic heterocycles. The van der Waals surface area contributed by atoms with E-state index in [1.54, 1.807) is 30.3 Å². The van der Waals surface area contributed by atoms with Crippen LogP contribution in [-0.2, 0) is 5.41 Å². The Labute approximate surface area is 121 Å². The molecule has 2 aromatic carbocycles. The fourth-order valence-corrected chi connectivity index (χ4v) is 2.94. The Morgan fingerprint density at radius 3 is 2.38 bits per heavy atom. The van der Waals surface area contributed by atoms with Crippen molar-refractivity contribution in [3.05, 3.63) is 47.5 Å². The summed E-state index contributed by atoms with van der Waals surface area (Å²) in [5, 5.41) is 19.5. The summed E-state index contributed by atoms with van der Waals surface area (Å²) in [7, 11) is 0. The van der Waals surface area contributed by atoms with Gasteiger partial charge >= 0.3 is 0 Å². The maximum Gasteiger partial charge on any atom is 0.231 e. The molecule has 0 unspecified atom stereocenters. The monoisotopic (exact) mass is 286 g/mol. The lowest BCUT2D eigenvalue weighted by atomic mass is 9.76. The zero-order chi connectivity index (χ0) is 14.4. The Morgan fingerprint density at radius 1 is 0.952 bits per heavy atom. The van der Waals surface area contributed by atoms with Gasteiger partial charge in [-0.25, -0.2) is 0 Å². The van der Waals surface area contributed by atoms with Crippen molar-refractivity contribution in [3.63, 3.8) is 0 Å². The van der Waals surface area contributed by atoms with E-state index >= 15 is 0 Å². The molecule has 0 fully saturated rings. The van der Waals surface area contributed by atoms with Gasteiger partial charge in [0.05, 0.1) is 12.0 Å². The molecule has 2 heterocycles. The summed E-state index contributed by atoms with van der Waals surface area (Å²) in [6.45, 7) is 0.445. The topological polar surface area (TPSA) is 68.2 Å². The molecule has 4 rings (SSSR count). The summed E-state index contributed by atoms with van der Waals surface area (Å²) in [6, 6.07) is 10.5. The molecule has 108 valence electrons. The fraction of sp³-hybridized carbons (Fsp3) is 0.250. The predicted octanol–water partition coefficient (Wildman–Crippen LogP) is 1.79. The van der Waals surface area contributed by atoms with E-state index < -0.39 is 5.41 Å². The predicted molar refractivity (Wildman–Crippen MR) is 74.0 cm³/mol. The van der Waals surface area contributed by atoms with Gasteiger partial charge in [-0.2, -0.15) is 0 Å². The number of aliphatic hydroxyl groups is 1. The Bertz CT molecular complexity index is 695. The highest BCUT2D eigenvalue weighted by atomic mass is 16.7. The van der Waals surface area contributed by atoms with Crippen LogP contribution in [0.1, 0.15) is 11.1 Å². The van der Waals surface area contributed by atoms with Crippen molar-refractivity contribution >= 4 is 0 Å². The first-order chi connectivity index (χ1) is 10.2. The Kier molecular flexibility index (Phi) is 2.53. The zero-order valence-corrected chi connectivity index (χ0v) is 11.2. The van der Waals surface area contributed by atoms with E-state index in [1.807, 2.05) is 6.07 Å². The molecular formula is C16H14O5. The van der Waals surface area contributed by atoms with Crippen molar-refractivity contribution in [1.82, 2.24) is 0 Å². The molecule has 0 spiro atoms. The van der Waals surface area contributed by atoms with Crippen LogP contribution in [0, 0.1) is 0 Å². The van der Waals surface area contributed by atoms with Crippen LogP contribution in [0.25, 0.3) is 0 Å². The van der Waals surface area contributed by atoms with Crippen molar-refractivity contribution in [2.75, 3.05) is 20.0 Å². The minimum atomic E-state index is -0.649. The van der Waals surface area contributed by atoms with Crippen LogP contribution < -0.4 is 14.2 Å². The van der Waals surface area contributed by atoms with E-state index in [1.165, 1.54) is 0 Å². The number of phenols is 1. The van der Waals surface area contributed by atoms with E-state index in [4.69, 9.17) is 14.2 Å². The van der Waals surface area contributed by atoms with Crippen molar-refractivity contribution < 1.29 is 24.4 Å². The number of aromatic hydroxyl groups is 1. The van der Waals surface area contributed by atoms with Crippen LogP contribution in [-0.4, -0.2) is 30.2 Å². The highest BCUT2D eigenvalue weighted by molar-refractivity contribution is 5.59. The molecular weight excluding hydrogens is 272 g/mol. The van der Waals surface area contributed by atoms with Crippen molar-refractivity contribution in [1.29, 1.82) is 0 Å². The maximum atomic E-state index is 10.0. The van der Waals surface area contributed by atoms with Crippen molar-refractivity contribution in [2.45, 2.75) is 5.41 Å². The van der Waals surface area contributed by atoms with E-state index in [2.05, 4.69) is 0 Å². The molecule has 0 aliphatic carbocycles. The van der Waals surface area contributed by atoms with E-state index in [0.29, 0.717) is 23.9 Å². The summed E-state index contributed by atoms with van der Waals surface area (Å²) in [4.78, 5) is 0. The largest absolute Gasteiger partial charge is 0.508 e. The lowest BCUT2D eigenvalue weighted by Gasteiger charge is -2.26. The molecule has 2 aromatic rings. The second-order valence-electron chi connectivity index (χ2n) is 5.28. The molecule has 0 aromatic heterocycles. The summed E-state index contributed by atoms with van der Waals surface area (Å²) in [5.41, 5.74) is 1.12. The SMILES string of the molecule is OC[C@]1(c2ccc(O)cc2)COc2cc3c(cc21)OCO3. The average molecular weight is 286 g/mol. The maximum absolute atomic E-state index is 10.0. The molecule has 0 saturated heterocycles. The Morgan fingerprint density at radius 2 is 1.67 bits per heavy atom. The minimum absolute atomic E-state index is 0.0928. The number of hydrogen-bond acceptors (Lipinski definition) is 5. The van der Waals surface area contributed by atoms with Gasteiger partial charge in [-0.05, 0) is 23.8 Å². The van der Waals surface area contributed by atoms with Gasteiger partial charge in [0, 0.05) is 11.6 Å². The van der Waals surface area contributed by atoms with Crippen molar-refractivity contribution in [2.24, 2.45) is 0 Å². The normalized spacial score (nSPS) is 22.0. The Balaban J connectivity index is 1.88. The zero-order valence-electron chi connectivity index (χ0n) is 11.2.